The third kappa shape index (κ3) is 4.52. The normalized spacial score (nSPS) is 11.0. The molecule has 1 aromatic heterocycles. The summed E-state index contributed by atoms with van der Waals surface area (Å²) in [6.07, 6.45) is 0. The average molecular weight is 527 g/mol. The van der Waals surface area contributed by atoms with E-state index in [0.717, 1.165) is 61.3 Å². The van der Waals surface area contributed by atoms with Crippen LogP contribution in [0, 0.1) is 18.3 Å². The van der Waals surface area contributed by atoms with Crippen molar-refractivity contribution in [2.45, 2.75) is 6.92 Å². The van der Waals surface area contributed by atoms with Crippen LogP contribution in [0.25, 0.3) is 44.2 Å². The number of hydrogen-bond acceptors (Lipinski definition) is 3. The zero-order valence-corrected chi connectivity index (χ0v) is 22.6. The zero-order valence-electron chi connectivity index (χ0n) is 22.6. The third-order valence-corrected chi connectivity index (χ3v) is 7.61. The zero-order chi connectivity index (χ0) is 27.8. The van der Waals surface area contributed by atoms with Gasteiger partial charge in [0, 0.05) is 33.4 Å². The molecule has 0 fully saturated rings. The van der Waals surface area contributed by atoms with Gasteiger partial charge in [0.25, 0.3) is 0 Å². The molecule has 194 valence electrons. The molecule has 0 amide bonds. The minimum Gasteiger partial charge on any atom is -0.455 e. The average Bonchev–Trinajstić information content (AvgIpc) is 3.42. The Bertz CT molecular complexity index is 2030. The smallest absolute Gasteiger partial charge is 0.143 e. The lowest BCUT2D eigenvalue weighted by Crippen LogP contribution is -2.09. The Kier molecular flexibility index (Phi) is 6.07. The summed E-state index contributed by atoms with van der Waals surface area (Å²) >= 11 is 0. The second-order valence-corrected chi connectivity index (χ2v) is 10.2. The largest absolute Gasteiger partial charge is 0.455 e. The van der Waals surface area contributed by atoms with Crippen molar-refractivity contribution >= 4 is 39.0 Å². The summed E-state index contributed by atoms with van der Waals surface area (Å²) in [7, 11) is 0. The SMILES string of the molecule is Cc1ccc(N(c2ccc(-c3ccc(C#N)cc3)cc2)c2ccc(-c3cccc4c3oc3ccccc34)cc2)cc1. The number of furan rings is 1. The fourth-order valence-corrected chi connectivity index (χ4v) is 5.45. The van der Waals surface area contributed by atoms with Crippen molar-refractivity contribution in [2.24, 2.45) is 0 Å². The van der Waals surface area contributed by atoms with Crippen molar-refractivity contribution in [3.05, 3.63) is 151 Å². The van der Waals surface area contributed by atoms with Gasteiger partial charge < -0.3 is 9.32 Å². The maximum Gasteiger partial charge on any atom is 0.143 e. The standard InChI is InChI=1S/C38H26N2O/c1-26-9-19-31(20-10-26)40(32-21-15-29(16-22-32)28-13-11-27(25-39)12-14-28)33-23-17-30(18-24-33)34-6-4-7-36-35-5-2-3-8-37(35)41-38(34)36/h2-24H,1H3. The number of nitriles is 1. The lowest BCUT2D eigenvalue weighted by atomic mass is 10.0. The lowest BCUT2D eigenvalue weighted by molar-refractivity contribution is 0.670. The fraction of sp³-hybridized carbons (Fsp3) is 0.0263. The molecule has 0 unspecified atom stereocenters. The van der Waals surface area contributed by atoms with Gasteiger partial charge in [-0.1, -0.05) is 90.5 Å². The summed E-state index contributed by atoms with van der Waals surface area (Å²) in [6, 6.07) is 50.3. The van der Waals surface area contributed by atoms with Crippen LogP contribution >= 0.6 is 0 Å². The highest BCUT2D eigenvalue weighted by molar-refractivity contribution is 6.09. The molecule has 41 heavy (non-hydrogen) atoms. The van der Waals surface area contributed by atoms with E-state index in [-0.39, 0.29) is 0 Å². The number of fused-ring (bicyclic) bond motifs is 3. The third-order valence-electron chi connectivity index (χ3n) is 7.61. The highest BCUT2D eigenvalue weighted by atomic mass is 16.3. The van der Waals surface area contributed by atoms with Gasteiger partial charge in [0.05, 0.1) is 11.6 Å². The van der Waals surface area contributed by atoms with Gasteiger partial charge in [-0.05, 0) is 78.2 Å². The quantitative estimate of drug-likeness (QED) is 0.224. The van der Waals surface area contributed by atoms with Gasteiger partial charge in [-0.3, -0.25) is 0 Å². The molecule has 0 saturated heterocycles. The van der Waals surface area contributed by atoms with E-state index in [1.54, 1.807) is 0 Å². The predicted octanol–water partition coefficient (Wildman–Crippen LogP) is 10.6. The van der Waals surface area contributed by atoms with Gasteiger partial charge in [-0.2, -0.15) is 5.26 Å². The topological polar surface area (TPSA) is 40.2 Å². The van der Waals surface area contributed by atoms with E-state index >= 15 is 0 Å². The van der Waals surface area contributed by atoms with E-state index in [1.807, 2.05) is 36.4 Å². The molecule has 0 saturated carbocycles. The van der Waals surface area contributed by atoms with Crippen LogP contribution < -0.4 is 4.90 Å². The van der Waals surface area contributed by atoms with Gasteiger partial charge in [-0.25, -0.2) is 0 Å². The van der Waals surface area contributed by atoms with Crippen molar-refractivity contribution in [2.75, 3.05) is 4.90 Å². The summed E-state index contributed by atoms with van der Waals surface area (Å²) in [5.74, 6) is 0. The van der Waals surface area contributed by atoms with E-state index in [2.05, 4.69) is 121 Å². The molecule has 7 rings (SSSR count). The van der Waals surface area contributed by atoms with Gasteiger partial charge in [0.2, 0.25) is 0 Å². The molecule has 0 radical (unpaired) electrons. The molecule has 6 aromatic carbocycles. The first-order valence-electron chi connectivity index (χ1n) is 13.7. The number of benzene rings is 6. The van der Waals surface area contributed by atoms with Crippen LogP contribution in [0.4, 0.5) is 17.1 Å². The molecule has 0 atom stereocenters. The Morgan fingerprint density at radius 2 is 1.07 bits per heavy atom. The van der Waals surface area contributed by atoms with E-state index in [0.29, 0.717) is 5.56 Å². The number of nitrogens with zero attached hydrogens (tertiary/aromatic N) is 2. The molecule has 7 aromatic rings. The van der Waals surface area contributed by atoms with Crippen LogP contribution in [-0.4, -0.2) is 0 Å². The Hall–Kier alpha value is -5.59. The van der Waals surface area contributed by atoms with Gasteiger partial charge in [-0.15, -0.1) is 0 Å². The van der Waals surface area contributed by atoms with Crippen LogP contribution in [0.3, 0.4) is 0 Å². The number of aryl methyl sites for hydroxylation is 1. The Morgan fingerprint density at radius 1 is 0.537 bits per heavy atom. The number of rotatable bonds is 5. The number of para-hydroxylation sites is 2. The van der Waals surface area contributed by atoms with Crippen molar-refractivity contribution in [3.63, 3.8) is 0 Å². The van der Waals surface area contributed by atoms with Crippen molar-refractivity contribution < 1.29 is 4.42 Å². The molecule has 0 aliphatic rings. The van der Waals surface area contributed by atoms with Crippen molar-refractivity contribution in [1.82, 2.24) is 0 Å². The highest BCUT2D eigenvalue weighted by Gasteiger charge is 2.15. The molecule has 0 N–H and O–H groups in total. The maximum atomic E-state index is 9.13. The first-order chi connectivity index (χ1) is 20.2. The number of anilines is 3. The fourth-order valence-electron chi connectivity index (χ4n) is 5.45. The lowest BCUT2D eigenvalue weighted by Gasteiger charge is -2.26. The minimum absolute atomic E-state index is 0.663. The molecule has 0 aliphatic carbocycles. The predicted molar refractivity (Wildman–Crippen MR) is 169 cm³/mol. The molecule has 0 spiro atoms. The second kappa shape index (κ2) is 10.2. The van der Waals surface area contributed by atoms with Gasteiger partial charge in [0.15, 0.2) is 0 Å². The van der Waals surface area contributed by atoms with Crippen LogP contribution in [0.15, 0.2) is 144 Å². The van der Waals surface area contributed by atoms with Crippen LogP contribution in [-0.2, 0) is 0 Å². The van der Waals surface area contributed by atoms with E-state index in [1.165, 1.54) is 5.56 Å². The highest BCUT2D eigenvalue weighted by Crippen LogP contribution is 2.39. The van der Waals surface area contributed by atoms with Crippen LogP contribution in [0.1, 0.15) is 11.1 Å². The maximum absolute atomic E-state index is 9.13. The van der Waals surface area contributed by atoms with E-state index < -0.39 is 0 Å². The first kappa shape index (κ1) is 24.5. The minimum atomic E-state index is 0.663. The van der Waals surface area contributed by atoms with Gasteiger partial charge >= 0.3 is 0 Å². The van der Waals surface area contributed by atoms with Crippen molar-refractivity contribution in [3.8, 4) is 28.3 Å². The van der Waals surface area contributed by atoms with E-state index in [4.69, 9.17) is 9.68 Å². The monoisotopic (exact) mass is 526 g/mol. The molecule has 0 bridgehead atoms. The van der Waals surface area contributed by atoms with E-state index in [9.17, 15) is 0 Å². The molecule has 0 aliphatic heterocycles. The Labute approximate surface area is 239 Å². The summed E-state index contributed by atoms with van der Waals surface area (Å²) < 4.78 is 6.30. The van der Waals surface area contributed by atoms with Crippen LogP contribution in [0.2, 0.25) is 0 Å². The van der Waals surface area contributed by atoms with Crippen LogP contribution in [0.5, 0.6) is 0 Å². The summed E-state index contributed by atoms with van der Waals surface area (Å²) in [4.78, 5) is 2.27. The summed E-state index contributed by atoms with van der Waals surface area (Å²) in [6.45, 7) is 2.11. The van der Waals surface area contributed by atoms with Crippen molar-refractivity contribution in [1.29, 1.82) is 5.26 Å². The van der Waals surface area contributed by atoms with Gasteiger partial charge in [0.1, 0.15) is 11.2 Å². The molecule has 1 heterocycles. The summed E-state index contributed by atoms with van der Waals surface area (Å²) in [5.41, 5.74) is 11.3. The molecular weight excluding hydrogens is 500 g/mol. The molecule has 3 nitrogen and oxygen atoms in total. The first-order valence-corrected chi connectivity index (χ1v) is 13.7. The molecule has 3 heteroatoms. The molecular formula is C38H26N2O. The Balaban J connectivity index is 1.27. The summed E-state index contributed by atoms with van der Waals surface area (Å²) in [5, 5.41) is 11.4. The second-order valence-electron chi connectivity index (χ2n) is 10.2. The number of hydrogen-bond donors (Lipinski definition) is 0. The Morgan fingerprint density at radius 3 is 1.71 bits per heavy atom.